The molecule has 1 heterocycles. The molecule has 0 fully saturated rings. The van der Waals surface area contributed by atoms with E-state index >= 15 is 0 Å². The first-order valence-electron chi connectivity index (χ1n) is 9.68. The molecule has 31 heavy (non-hydrogen) atoms. The summed E-state index contributed by atoms with van der Waals surface area (Å²) in [5.74, 6) is -0.524. The number of ether oxygens (including phenoxy) is 1. The van der Waals surface area contributed by atoms with Crippen LogP contribution in [0.4, 0.5) is 9.52 Å². The molecule has 0 spiro atoms. The molecule has 2 amide bonds. The van der Waals surface area contributed by atoms with Crippen molar-refractivity contribution in [3.63, 3.8) is 0 Å². The Balaban J connectivity index is 1.64. The van der Waals surface area contributed by atoms with E-state index in [-0.39, 0.29) is 30.0 Å². The molecule has 0 saturated carbocycles. The van der Waals surface area contributed by atoms with Crippen molar-refractivity contribution in [1.82, 2.24) is 15.5 Å². The fourth-order valence-electron chi connectivity index (χ4n) is 2.88. The van der Waals surface area contributed by atoms with Gasteiger partial charge < -0.3 is 10.1 Å². The number of rotatable bonds is 8. The van der Waals surface area contributed by atoms with Gasteiger partial charge in [-0.2, -0.15) is 0 Å². The Hall–Kier alpha value is -3.33. The predicted octanol–water partition coefficient (Wildman–Crippen LogP) is 3.67. The van der Waals surface area contributed by atoms with Gasteiger partial charge in [-0.25, -0.2) is 4.39 Å². The molecule has 2 aromatic carbocycles. The molecule has 0 aliphatic heterocycles. The van der Waals surface area contributed by atoms with Crippen molar-refractivity contribution in [3.05, 3.63) is 59.9 Å². The Morgan fingerprint density at radius 2 is 1.87 bits per heavy atom. The average Bonchev–Trinajstić information content (AvgIpc) is 3.22. The first-order chi connectivity index (χ1) is 14.9. The maximum atomic E-state index is 13.0. The van der Waals surface area contributed by atoms with Gasteiger partial charge in [0.15, 0.2) is 0 Å². The normalized spacial score (nSPS) is 11.8. The molecule has 3 aromatic rings. The summed E-state index contributed by atoms with van der Waals surface area (Å²) in [4.78, 5) is 25.2. The van der Waals surface area contributed by atoms with Crippen LogP contribution in [0.3, 0.4) is 0 Å². The van der Waals surface area contributed by atoms with E-state index in [0.29, 0.717) is 21.5 Å². The van der Waals surface area contributed by atoms with Crippen LogP contribution < -0.4 is 15.4 Å². The average molecular weight is 443 g/mol. The van der Waals surface area contributed by atoms with Gasteiger partial charge in [0.05, 0.1) is 13.5 Å². The number of nitrogens with one attached hydrogen (secondary N) is 2. The molecule has 1 aromatic heterocycles. The Kier molecular flexibility index (Phi) is 7.30. The Morgan fingerprint density at radius 1 is 1.13 bits per heavy atom. The third-order valence-electron chi connectivity index (χ3n) is 4.52. The van der Waals surface area contributed by atoms with Crippen LogP contribution in [0, 0.1) is 11.7 Å². The molecule has 0 aliphatic rings. The van der Waals surface area contributed by atoms with Crippen LogP contribution in [0.25, 0.3) is 10.6 Å². The number of nitrogens with zero attached hydrogens (tertiary/aromatic N) is 2. The van der Waals surface area contributed by atoms with Crippen molar-refractivity contribution in [2.24, 2.45) is 5.92 Å². The van der Waals surface area contributed by atoms with Crippen LogP contribution >= 0.6 is 11.3 Å². The van der Waals surface area contributed by atoms with E-state index in [1.807, 2.05) is 38.1 Å². The Labute approximate surface area is 183 Å². The van der Waals surface area contributed by atoms with Gasteiger partial charge in [-0.05, 0) is 35.7 Å². The summed E-state index contributed by atoms with van der Waals surface area (Å²) >= 11 is 1.23. The van der Waals surface area contributed by atoms with E-state index in [1.165, 1.54) is 23.5 Å². The highest BCUT2D eigenvalue weighted by Crippen LogP contribution is 2.28. The largest absolute Gasteiger partial charge is 0.497 e. The molecule has 2 N–H and O–H groups in total. The highest BCUT2D eigenvalue weighted by molar-refractivity contribution is 7.18. The molecule has 1 unspecified atom stereocenters. The number of carbonyl (C=O) groups excluding carboxylic acids is 2. The van der Waals surface area contributed by atoms with Crippen molar-refractivity contribution in [2.45, 2.75) is 26.3 Å². The molecule has 9 heteroatoms. The molecule has 3 rings (SSSR count). The predicted molar refractivity (Wildman–Crippen MR) is 117 cm³/mol. The van der Waals surface area contributed by atoms with Crippen molar-refractivity contribution in [3.8, 4) is 16.3 Å². The number of carbonyl (C=O) groups is 2. The summed E-state index contributed by atoms with van der Waals surface area (Å²) in [6, 6.07) is 12.3. The molecule has 1 atom stereocenters. The molecular weight excluding hydrogens is 419 g/mol. The van der Waals surface area contributed by atoms with Gasteiger partial charge in [0.1, 0.15) is 22.6 Å². The molecular formula is C22H23FN4O3S. The standard InChI is InChI=1S/C22H23FN4O3S/c1-13(2)19(24-18(28)11-14-7-9-16(23)10-8-14)20(29)25-22-27-26-21(31-22)15-5-4-6-17(12-15)30-3/h4-10,12-13,19H,11H2,1-3H3,(H,24,28)(H,25,27,29). The second kappa shape index (κ2) is 10.1. The second-order valence-electron chi connectivity index (χ2n) is 7.23. The summed E-state index contributed by atoms with van der Waals surface area (Å²) in [5, 5.41) is 14.6. The van der Waals surface area contributed by atoms with Gasteiger partial charge in [-0.3, -0.25) is 14.9 Å². The van der Waals surface area contributed by atoms with Crippen LogP contribution in [0.1, 0.15) is 19.4 Å². The van der Waals surface area contributed by atoms with Crippen LogP contribution in [-0.4, -0.2) is 35.2 Å². The Morgan fingerprint density at radius 3 is 2.55 bits per heavy atom. The molecule has 0 bridgehead atoms. The fourth-order valence-corrected chi connectivity index (χ4v) is 3.62. The van der Waals surface area contributed by atoms with Crippen LogP contribution in [-0.2, 0) is 16.0 Å². The van der Waals surface area contributed by atoms with Crippen molar-refractivity contribution in [1.29, 1.82) is 0 Å². The van der Waals surface area contributed by atoms with Crippen LogP contribution in [0.15, 0.2) is 48.5 Å². The number of halogens is 1. The number of methoxy groups -OCH3 is 1. The number of hydrogen-bond acceptors (Lipinski definition) is 6. The van der Waals surface area contributed by atoms with E-state index in [1.54, 1.807) is 19.2 Å². The van der Waals surface area contributed by atoms with Gasteiger partial charge in [-0.1, -0.05) is 49.4 Å². The first-order valence-corrected chi connectivity index (χ1v) is 10.5. The molecule has 0 aliphatic carbocycles. The molecule has 0 radical (unpaired) electrons. The molecule has 7 nitrogen and oxygen atoms in total. The summed E-state index contributed by atoms with van der Waals surface area (Å²) in [5.41, 5.74) is 1.49. The number of aromatic nitrogens is 2. The summed E-state index contributed by atoms with van der Waals surface area (Å²) in [6.07, 6.45) is 0.0512. The first kappa shape index (κ1) is 22.4. The lowest BCUT2D eigenvalue weighted by Gasteiger charge is -2.21. The number of amides is 2. The van der Waals surface area contributed by atoms with E-state index < -0.39 is 6.04 Å². The minimum atomic E-state index is -0.753. The van der Waals surface area contributed by atoms with Crippen molar-refractivity contribution < 1.29 is 18.7 Å². The summed E-state index contributed by atoms with van der Waals surface area (Å²) < 4.78 is 18.2. The summed E-state index contributed by atoms with van der Waals surface area (Å²) in [6.45, 7) is 3.67. The molecule has 0 saturated heterocycles. The van der Waals surface area contributed by atoms with E-state index in [2.05, 4.69) is 20.8 Å². The van der Waals surface area contributed by atoms with Gasteiger partial charge in [-0.15, -0.1) is 10.2 Å². The second-order valence-corrected chi connectivity index (χ2v) is 8.20. The van der Waals surface area contributed by atoms with Crippen LogP contribution in [0.2, 0.25) is 0 Å². The smallest absolute Gasteiger partial charge is 0.249 e. The number of benzene rings is 2. The van der Waals surface area contributed by atoms with Crippen molar-refractivity contribution >= 4 is 28.3 Å². The van der Waals surface area contributed by atoms with Gasteiger partial charge >= 0.3 is 0 Å². The van der Waals surface area contributed by atoms with Crippen LogP contribution in [0.5, 0.6) is 5.75 Å². The zero-order valence-electron chi connectivity index (χ0n) is 17.4. The highest BCUT2D eigenvalue weighted by Gasteiger charge is 2.25. The number of anilines is 1. The SMILES string of the molecule is COc1cccc(-c2nnc(NC(=O)C(NC(=O)Cc3ccc(F)cc3)C(C)C)s2)c1. The lowest BCUT2D eigenvalue weighted by molar-refractivity contribution is -0.127. The quantitative estimate of drug-likeness (QED) is 0.555. The fraction of sp³-hybridized carbons (Fsp3) is 0.273. The van der Waals surface area contributed by atoms with E-state index in [0.717, 1.165) is 5.56 Å². The Bertz CT molecular complexity index is 1050. The van der Waals surface area contributed by atoms with Gasteiger partial charge in [0.2, 0.25) is 16.9 Å². The van der Waals surface area contributed by atoms with E-state index in [4.69, 9.17) is 4.74 Å². The summed E-state index contributed by atoms with van der Waals surface area (Å²) in [7, 11) is 1.58. The third-order valence-corrected chi connectivity index (χ3v) is 5.40. The number of hydrogen-bond donors (Lipinski definition) is 2. The lowest BCUT2D eigenvalue weighted by Crippen LogP contribution is -2.47. The van der Waals surface area contributed by atoms with Gasteiger partial charge in [0, 0.05) is 5.56 Å². The zero-order chi connectivity index (χ0) is 22.4. The topological polar surface area (TPSA) is 93.2 Å². The minimum absolute atomic E-state index is 0.0512. The maximum Gasteiger partial charge on any atom is 0.249 e. The van der Waals surface area contributed by atoms with E-state index in [9.17, 15) is 14.0 Å². The molecule has 162 valence electrons. The monoisotopic (exact) mass is 442 g/mol. The van der Waals surface area contributed by atoms with Gasteiger partial charge in [0.25, 0.3) is 0 Å². The highest BCUT2D eigenvalue weighted by atomic mass is 32.1. The zero-order valence-corrected chi connectivity index (χ0v) is 18.2. The minimum Gasteiger partial charge on any atom is -0.497 e. The third kappa shape index (κ3) is 6.08. The van der Waals surface area contributed by atoms with Crippen molar-refractivity contribution in [2.75, 3.05) is 12.4 Å². The lowest BCUT2D eigenvalue weighted by atomic mass is 10.0. The maximum absolute atomic E-state index is 13.0.